The van der Waals surface area contributed by atoms with Gasteiger partial charge in [0.15, 0.2) is 34.7 Å². The number of amides is 1. The zero-order chi connectivity index (χ0) is 32.5. The lowest BCUT2D eigenvalue weighted by Crippen LogP contribution is -2.77. The number of phenolic OH excluding ortho intramolecular Hbond substituents is 1. The Morgan fingerprint density at radius 2 is 1.77 bits per heavy atom. The number of rotatable bonds is 7. The molecule has 240 valence electrons. The van der Waals surface area contributed by atoms with Crippen LogP contribution in [-0.4, -0.2) is 119 Å². The second kappa shape index (κ2) is 11.4. The van der Waals surface area contributed by atoms with Gasteiger partial charge in [0.25, 0.3) is 0 Å². The van der Waals surface area contributed by atoms with Gasteiger partial charge < -0.3 is 25.8 Å². The van der Waals surface area contributed by atoms with Gasteiger partial charge in [-0.1, -0.05) is 32.9 Å². The van der Waals surface area contributed by atoms with Crippen LogP contribution in [-0.2, 0) is 29.3 Å². The lowest BCUT2D eigenvalue weighted by Gasteiger charge is -2.56. The van der Waals surface area contributed by atoms with Crippen LogP contribution in [0.5, 0.6) is 5.75 Å². The maximum atomic E-state index is 14.2. The molecule has 3 fully saturated rings. The summed E-state index contributed by atoms with van der Waals surface area (Å²) in [7, 11) is 2.93. The van der Waals surface area contributed by atoms with E-state index in [4.69, 9.17) is 10.5 Å². The second-order valence-electron chi connectivity index (χ2n) is 13.7. The van der Waals surface area contributed by atoms with Crippen molar-refractivity contribution in [3.63, 3.8) is 0 Å². The van der Waals surface area contributed by atoms with Crippen LogP contribution in [0.2, 0.25) is 0 Å². The van der Waals surface area contributed by atoms with Crippen molar-refractivity contribution in [1.82, 2.24) is 9.80 Å². The monoisotopic (exact) mass is 613 g/mol. The molecule has 1 aromatic carbocycles. The van der Waals surface area contributed by atoms with E-state index >= 15 is 0 Å². The van der Waals surface area contributed by atoms with Gasteiger partial charge in [0.2, 0.25) is 5.91 Å². The van der Waals surface area contributed by atoms with E-state index in [9.17, 15) is 39.3 Å². The third kappa shape index (κ3) is 4.73. The number of aromatic hydroxyl groups is 1. The zero-order valence-electron chi connectivity index (χ0n) is 25.9. The van der Waals surface area contributed by atoms with Crippen LogP contribution in [0.4, 0.5) is 0 Å². The molecule has 8 atom stereocenters. The molecule has 0 spiro atoms. The van der Waals surface area contributed by atoms with E-state index in [0.717, 1.165) is 26.1 Å². The van der Waals surface area contributed by atoms with Crippen LogP contribution >= 0.6 is 0 Å². The molecule has 1 heterocycles. The summed E-state index contributed by atoms with van der Waals surface area (Å²) in [6.07, 6.45) is -0.108. The first kappa shape index (κ1) is 32.4. The summed E-state index contributed by atoms with van der Waals surface area (Å²) in [6.45, 7) is 9.62. The molecular weight excluding hydrogens is 570 g/mol. The van der Waals surface area contributed by atoms with Crippen molar-refractivity contribution in [1.29, 1.82) is 0 Å². The Bertz CT molecular complexity index is 1400. The summed E-state index contributed by atoms with van der Waals surface area (Å²) in [5.74, 6) is -13.1. The Hall–Kier alpha value is -3.03. The number of likely N-dealkylation sites (N-methyl/N-ethyl adjacent to an activating group) is 1. The Morgan fingerprint density at radius 1 is 1.14 bits per heavy atom. The van der Waals surface area contributed by atoms with Gasteiger partial charge in [-0.05, 0) is 50.4 Å². The fourth-order valence-electron chi connectivity index (χ4n) is 8.24. The Labute approximate surface area is 256 Å². The van der Waals surface area contributed by atoms with Crippen LogP contribution in [0.1, 0.15) is 61.0 Å². The quantitative estimate of drug-likeness (QED) is 0.298. The normalized spacial score (nSPS) is 34.5. The number of ketones is 4. The van der Waals surface area contributed by atoms with E-state index in [-0.39, 0.29) is 11.3 Å². The van der Waals surface area contributed by atoms with Crippen LogP contribution in [0, 0.1) is 23.7 Å². The standard InChI is InChI=1S/C32H43N3O9/c1-15-16-7-8-17(31(2,3)9-6-10-35-11-13-44-14-12-35)24(36)19(16)25(37)20-18(15)26(38)22-23(34(4)5)27(39)21(30(33)42)29(41)32(22,43)28(20)40/h7-8,15,18,20-23,26,36,38,43H,6,9-14H2,1-5H3,(H2,33,42)/t15-,18+,20?,21?,22+,23-,26-,32-/m1/s1. The summed E-state index contributed by atoms with van der Waals surface area (Å²) in [6, 6.07) is 2.11. The van der Waals surface area contributed by atoms with Crippen molar-refractivity contribution in [2.75, 3.05) is 46.9 Å². The molecule has 0 bridgehead atoms. The largest absolute Gasteiger partial charge is 0.507 e. The Kier molecular flexibility index (Phi) is 8.39. The lowest BCUT2D eigenvalue weighted by molar-refractivity contribution is -0.196. The highest BCUT2D eigenvalue weighted by Crippen LogP contribution is 2.55. The van der Waals surface area contributed by atoms with Gasteiger partial charge in [-0.25, -0.2) is 0 Å². The van der Waals surface area contributed by atoms with E-state index < -0.39 is 81.8 Å². The SMILES string of the molecule is C[C@@H]1c2ccc(C(C)(C)CCCN3CCOCC3)c(O)c2C(=O)C2C(=O)[C@@]3(O)C(=O)C(C(N)=O)C(=O)[C@H](N(C)C)[C@H]3[C@H](O)[C@H]21. The molecule has 2 unspecified atom stereocenters. The van der Waals surface area contributed by atoms with Crippen molar-refractivity contribution < 1.29 is 44.0 Å². The number of morpholine rings is 1. The highest BCUT2D eigenvalue weighted by molar-refractivity contribution is 6.32. The number of aliphatic hydroxyl groups excluding tert-OH is 1. The fourth-order valence-corrected chi connectivity index (χ4v) is 8.24. The zero-order valence-corrected chi connectivity index (χ0v) is 25.9. The molecule has 2 saturated carbocycles. The molecule has 1 amide bonds. The molecule has 5 N–H and O–H groups in total. The van der Waals surface area contributed by atoms with Crippen LogP contribution in [0.15, 0.2) is 12.1 Å². The molecule has 3 aliphatic carbocycles. The number of nitrogens with zero attached hydrogens (tertiary/aromatic N) is 2. The Balaban J connectivity index is 1.53. The fraction of sp³-hybridized carbons (Fsp3) is 0.656. The molecule has 4 aliphatic rings. The number of Topliss-reactive ketones (excluding diaryl/α,β-unsaturated/α-hetero) is 4. The van der Waals surface area contributed by atoms with Gasteiger partial charge in [0.05, 0.1) is 42.8 Å². The number of fused-ring (bicyclic) bond motifs is 3. The van der Waals surface area contributed by atoms with Crippen molar-refractivity contribution in [2.45, 2.75) is 62.7 Å². The summed E-state index contributed by atoms with van der Waals surface area (Å²) in [4.78, 5) is 71.1. The summed E-state index contributed by atoms with van der Waals surface area (Å²) < 4.78 is 5.41. The highest BCUT2D eigenvalue weighted by atomic mass is 16.5. The van der Waals surface area contributed by atoms with Crippen molar-refractivity contribution in [3.8, 4) is 5.75 Å². The molecule has 44 heavy (non-hydrogen) atoms. The molecule has 5 rings (SSSR count). The Morgan fingerprint density at radius 3 is 2.36 bits per heavy atom. The molecule has 1 aliphatic heterocycles. The van der Waals surface area contributed by atoms with Crippen LogP contribution in [0.3, 0.4) is 0 Å². The predicted molar refractivity (Wildman–Crippen MR) is 157 cm³/mol. The topological polar surface area (TPSA) is 188 Å². The molecule has 1 saturated heterocycles. The van der Waals surface area contributed by atoms with E-state index in [1.54, 1.807) is 19.1 Å². The minimum Gasteiger partial charge on any atom is -0.507 e. The lowest BCUT2D eigenvalue weighted by atomic mass is 9.49. The van der Waals surface area contributed by atoms with Gasteiger partial charge in [0, 0.05) is 24.6 Å². The van der Waals surface area contributed by atoms with Crippen LogP contribution < -0.4 is 5.73 Å². The maximum Gasteiger partial charge on any atom is 0.235 e. The first-order chi connectivity index (χ1) is 20.6. The summed E-state index contributed by atoms with van der Waals surface area (Å²) in [5.41, 5.74) is 2.71. The number of carbonyl (C=O) groups is 5. The predicted octanol–water partition coefficient (Wildman–Crippen LogP) is -0.211. The van der Waals surface area contributed by atoms with Gasteiger partial charge in [-0.15, -0.1) is 0 Å². The molecular formula is C32H43N3O9. The van der Waals surface area contributed by atoms with E-state index in [1.165, 1.54) is 19.0 Å². The van der Waals surface area contributed by atoms with Crippen LogP contribution in [0.25, 0.3) is 0 Å². The van der Waals surface area contributed by atoms with Gasteiger partial charge in [-0.3, -0.25) is 33.8 Å². The number of primary amides is 1. The molecule has 1 aromatic rings. The number of benzene rings is 1. The molecule has 0 radical (unpaired) electrons. The average Bonchev–Trinajstić information content (AvgIpc) is 2.95. The number of hydrogen-bond donors (Lipinski definition) is 4. The summed E-state index contributed by atoms with van der Waals surface area (Å²) >= 11 is 0. The number of ether oxygens (including phenoxy) is 1. The third-order valence-electron chi connectivity index (χ3n) is 10.6. The molecule has 0 aromatic heterocycles. The van der Waals surface area contributed by atoms with Gasteiger partial charge in [0.1, 0.15) is 5.75 Å². The smallest absolute Gasteiger partial charge is 0.235 e. The van der Waals surface area contributed by atoms with Crippen molar-refractivity contribution >= 4 is 29.0 Å². The number of carbonyl (C=O) groups excluding carboxylic acids is 5. The number of phenols is 1. The highest BCUT2D eigenvalue weighted by Gasteiger charge is 2.73. The van der Waals surface area contributed by atoms with Gasteiger partial charge in [-0.2, -0.15) is 0 Å². The molecule has 12 heteroatoms. The maximum absolute atomic E-state index is 14.2. The number of nitrogens with two attached hydrogens (primary N) is 1. The minimum absolute atomic E-state index is 0.0740. The summed E-state index contributed by atoms with van der Waals surface area (Å²) in [5, 5.41) is 35.2. The van der Waals surface area contributed by atoms with Crippen molar-refractivity contribution in [3.05, 3.63) is 28.8 Å². The van der Waals surface area contributed by atoms with Gasteiger partial charge >= 0.3 is 0 Å². The average molecular weight is 614 g/mol. The molecule has 12 nitrogen and oxygen atoms in total. The number of hydrogen-bond acceptors (Lipinski definition) is 11. The second-order valence-corrected chi connectivity index (χ2v) is 13.7. The number of aliphatic hydroxyl groups is 2. The minimum atomic E-state index is -3.01. The third-order valence-corrected chi connectivity index (χ3v) is 10.6. The van der Waals surface area contributed by atoms with Crippen molar-refractivity contribution in [2.24, 2.45) is 29.4 Å². The van der Waals surface area contributed by atoms with E-state index in [2.05, 4.69) is 4.90 Å². The first-order valence-corrected chi connectivity index (χ1v) is 15.3. The van der Waals surface area contributed by atoms with E-state index in [0.29, 0.717) is 30.8 Å². The first-order valence-electron chi connectivity index (χ1n) is 15.3. The van der Waals surface area contributed by atoms with E-state index in [1.807, 2.05) is 13.8 Å².